The van der Waals surface area contributed by atoms with Crippen LogP contribution in [0.5, 0.6) is 0 Å². The van der Waals surface area contributed by atoms with E-state index in [1.54, 1.807) is 12.1 Å². The Balaban J connectivity index is 2.38. The van der Waals surface area contributed by atoms with Crippen LogP contribution in [-0.2, 0) is 26.0 Å². The van der Waals surface area contributed by atoms with E-state index in [-0.39, 0.29) is 18.5 Å². The van der Waals surface area contributed by atoms with E-state index < -0.39 is 28.5 Å². The molecule has 2 amide bonds. The van der Waals surface area contributed by atoms with Crippen LogP contribution in [-0.4, -0.2) is 56.6 Å². The van der Waals surface area contributed by atoms with Gasteiger partial charge in [0, 0.05) is 17.6 Å². The summed E-state index contributed by atoms with van der Waals surface area (Å²) in [5.41, 5.74) is 2.12. The van der Waals surface area contributed by atoms with Crippen molar-refractivity contribution in [1.82, 2.24) is 10.2 Å². The van der Waals surface area contributed by atoms with Gasteiger partial charge in [-0.25, -0.2) is 8.42 Å². The number of anilines is 1. The van der Waals surface area contributed by atoms with Crippen LogP contribution in [0.4, 0.5) is 5.69 Å². The molecule has 1 unspecified atom stereocenters. The maximum absolute atomic E-state index is 13.5. The fourth-order valence-electron chi connectivity index (χ4n) is 3.63. The number of carbonyl (C=O) groups is 2. The van der Waals surface area contributed by atoms with Gasteiger partial charge < -0.3 is 10.2 Å². The van der Waals surface area contributed by atoms with Crippen molar-refractivity contribution in [2.75, 3.05) is 23.7 Å². The van der Waals surface area contributed by atoms with Crippen LogP contribution >= 0.6 is 11.6 Å². The Morgan fingerprint density at radius 2 is 1.74 bits per heavy atom. The first kappa shape index (κ1) is 27.7. The molecule has 0 aliphatic heterocycles. The normalized spacial score (nSPS) is 12.3. The first-order valence-electron chi connectivity index (χ1n) is 11.3. The molecule has 0 saturated heterocycles. The number of benzene rings is 2. The van der Waals surface area contributed by atoms with Crippen molar-refractivity contribution in [2.24, 2.45) is 0 Å². The summed E-state index contributed by atoms with van der Waals surface area (Å²) in [6, 6.07) is 13.7. The molecule has 0 aromatic heterocycles. The van der Waals surface area contributed by atoms with Gasteiger partial charge in [-0.1, -0.05) is 54.9 Å². The van der Waals surface area contributed by atoms with Crippen LogP contribution in [0.15, 0.2) is 48.5 Å². The number of nitrogens with one attached hydrogen (secondary N) is 1. The summed E-state index contributed by atoms with van der Waals surface area (Å²) in [5.74, 6) is -0.716. The van der Waals surface area contributed by atoms with Gasteiger partial charge in [0.2, 0.25) is 21.8 Å². The van der Waals surface area contributed by atoms with Gasteiger partial charge in [-0.05, 0) is 56.9 Å². The standard InChI is InChI=1S/C25H34ClN3O4S/c1-6-23(25(31)27-18(2)3)28(15-14-20-10-8-7-9-11-20)24(30)17-29(34(5,32)33)21-13-12-19(4)22(26)16-21/h7-13,16,18,23H,6,14-15,17H2,1-5H3,(H,27,31). The second-order valence-electron chi connectivity index (χ2n) is 8.61. The lowest BCUT2D eigenvalue weighted by Gasteiger charge is -2.33. The molecular weight excluding hydrogens is 474 g/mol. The summed E-state index contributed by atoms with van der Waals surface area (Å²) >= 11 is 6.22. The zero-order chi connectivity index (χ0) is 25.5. The van der Waals surface area contributed by atoms with E-state index in [1.165, 1.54) is 11.0 Å². The number of aryl methyl sites for hydroxylation is 1. The summed E-state index contributed by atoms with van der Waals surface area (Å²) < 4.78 is 26.3. The average molecular weight is 508 g/mol. The van der Waals surface area contributed by atoms with Crippen LogP contribution in [0.3, 0.4) is 0 Å². The summed E-state index contributed by atoms with van der Waals surface area (Å²) in [4.78, 5) is 28.0. The molecule has 7 nitrogen and oxygen atoms in total. The second kappa shape index (κ2) is 12.2. The SMILES string of the molecule is CCC(C(=O)NC(C)C)N(CCc1ccccc1)C(=O)CN(c1ccc(C)c(Cl)c1)S(C)(=O)=O. The minimum atomic E-state index is -3.79. The van der Waals surface area contributed by atoms with Gasteiger partial charge in [-0.2, -0.15) is 0 Å². The zero-order valence-corrected chi connectivity index (χ0v) is 22.0. The monoisotopic (exact) mass is 507 g/mol. The van der Waals surface area contributed by atoms with Crippen molar-refractivity contribution < 1.29 is 18.0 Å². The van der Waals surface area contributed by atoms with E-state index in [0.717, 1.165) is 21.7 Å². The van der Waals surface area contributed by atoms with Crippen molar-refractivity contribution >= 4 is 39.1 Å². The zero-order valence-electron chi connectivity index (χ0n) is 20.4. The lowest BCUT2D eigenvalue weighted by molar-refractivity contribution is -0.139. The number of amides is 2. The van der Waals surface area contributed by atoms with Gasteiger partial charge >= 0.3 is 0 Å². The minimum absolute atomic E-state index is 0.0881. The lowest BCUT2D eigenvalue weighted by Crippen LogP contribution is -2.54. The molecule has 2 rings (SSSR count). The molecule has 1 atom stereocenters. The third kappa shape index (κ3) is 7.74. The molecule has 2 aromatic carbocycles. The molecule has 34 heavy (non-hydrogen) atoms. The van der Waals surface area contributed by atoms with Gasteiger partial charge in [0.05, 0.1) is 11.9 Å². The number of hydrogen-bond acceptors (Lipinski definition) is 4. The Labute approximate surface area is 208 Å². The third-order valence-electron chi connectivity index (χ3n) is 5.42. The molecule has 0 aliphatic carbocycles. The molecule has 0 saturated carbocycles. The molecule has 9 heteroatoms. The molecule has 0 radical (unpaired) electrons. The molecule has 0 aliphatic rings. The number of halogens is 1. The van der Waals surface area contributed by atoms with Crippen LogP contribution < -0.4 is 9.62 Å². The van der Waals surface area contributed by atoms with E-state index in [9.17, 15) is 18.0 Å². The van der Waals surface area contributed by atoms with E-state index >= 15 is 0 Å². The van der Waals surface area contributed by atoms with Crippen molar-refractivity contribution in [3.8, 4) is 0 Å². The molecule has 1 N–H and O–H groups in total. The van der Waals surface area contributed by atoms with Gasteiger partial charge in [0.25, 0.3) is 0 Å². The highest BCUT2D eigenvalue weighted by Gasteiger charge is 2.31. The topological polar surface area (TPSA) is 86.8 Å². The van der Waals surface area contributed by atoms with Gasteiger partial charge in [0.1, 0.15) is 12.6 Å². The second-order valence-corrected chi connectivity index (χ2v) is 10.9. The Kier molecular flexibility index (Phi) is 9.94. The summed E-state index contributed by atoms with van der Waals surface area (Å²) in [5, 5.41) is 3.28. The first-order valence-corrected chi connectivity index (χ1v) is 13.5. The molecule has 0 fully saturated rings. The van der Waals surface area contributed by atoms with Gasteiger partial charge in [-0.15, -0.1) is 0 Å². The molecule has 0 bridgehead atoms. The Morgan fingerprint density at radius 3 is 2.26 bits per heavy atom. The van der Waals surface area contributed by atoms with Gasteiger partial charge in [0.15, 0.2) is 0 Å². The van der Waals surface area contributed by atoms with Crippen molar-refractivity contribution in [3.63, 3.8) is 0 Å². The van der Waals surface area contributed by atoms with Crippen molar-refractivity contribution in [2.45, 2.75) is 52.6 Å². The van der Waals surface area contributed by atoms with E-state index in [0.29, 0.717) is 23.6 Å². The van der Waals surface area contributed by atoms with E-state index in [2.05, 4.69) is 5.32 Å². The number of hydrogen-bond donors (Lipinski definition) is 1. The highest BCUT2D eigenvalue weighted by Crippen LogP contribution is 2.25. The summed E-state index contributed by atoms with van der Waals surface area (Å²) in [7, 11) is -3.79. The molecular formula is C25H34ClN3O4S. The van der Waals surface area contributed by atoms with E-state index in [4.69, 9.17) is 11.6 Å². The maximum atomic E-state index is 13.5. The maximum Gasteiger partial charge on any atom is 0.244 e. The van der Waals surface area contributed by atoms with Crippen molar-refractivity contribution in [3.05, 3.63) is 64.7 Å². The average Bonchev–Trinajstić information content (AvgIpc) is 2.76. The summed E-state index contributed by atoms with van der Waals surface area (Å²) in [6.45, 7) is 7.20. The van der Waals surface area contributed by atoms with Crippen LogP contribution in [0, 0.1) is 6.92 Å². The molecule has 186 valence electrons. The third-order valence-corrected chi connectivity index (χ3v) is 6.97. The predicted octanol–water partition coefficient (Wildman–Crippen LogP) is 3.79. The highest BCUT2D eigenvalue weighted by molar-refractivity contribution is 7.92. The Morgan fingerprint density at radius 1 is 1.09 bits per heavy atom. The minimum Gasteiger partial charge on any atom is -0.352 e. The van der Waals surface area contributed by atoms with Crippen molar-refractivity contribution in [1.29, 1.82) is 0 Å². The number of sulfonamides is 1. The summed E-state index contributed by atoms with van der Waals surface area (Å²) in [6.07, 6.45) is 1.98. The smallest absolute Gasteiger partial charge is 0.244 e. The molecule has 2 aromatic rings. The molecule has 0 spiro atoms. The number of nitrogens with zero attached hydrogens (tertiary/aromatic N) is 2. The Hall–Kier alpha value is -2.58. The predicted molar refractivity (Wildman–Crippen MR) is 138 cm³/mol. The number of carbonyl (C=O) groups excluding carboxylic acids is 2. The van der Waals surface area contributed by atoms with Crippen LogP contribution in [0.1, 0.15) is 38.3 Å². The fraction of sp³-hybridized carbons (Fsp3) is 0.440. The van der Waals surface area contributed by atoms with Gasteiger partial charge in [-0.3, -0.25) is 13.9 Å². The largest absolute Gasteiger partial charge is 0.352 e. The number of rotatable bonds is 11. The van der Waals surface area contributed by atoms with E-state index in [1.807, 2.05) is 58.0 Å². The lowest BCUT2D eigenvalue weighted by atomic mass is 10.1. The van der Waals surface area contributed by atoms with Crippen LogP contribution in [0.2, 0.25) is 5.02 Å². The first-order chi connectivity index (χ1) is 15.9. The quantitative estimate of drug-likeness (QED) is 0.501. The fourth-order valence-corrected chi connectivity index (χ4v) is 4.64. The Bertz CT molecular complexity index is 1090. The van der Waals surface area contributed by atoms with Crippen LogP contribution in [0.25, 0.3) is 0 Å². The molecule has 0 heterocycles. The highest BCUT2D eigenvalue weighted by atomic mass is 35.5.